The van der Waals surface area contributed by atoms with Crippen LogP contribution in [0.4, 0.5) is 5.13 Å². The van der Waals surface area contributed by atoms with E-state index in [0.29, 0.717) is 27.2 Å². The van der Waals surface area contributed by atoms with Crippen molar-refractivity contribution in [1.29, 1.82) is 0 Å². The van der Waals surface area contributed by atoms with E-state index in [1.165, 1.54) is 23.1 Å². The number of rotatable bonds is 5. The van der Waals surface area contributed by atoms with Crippen LogP contribution in [-0.4, -0.2) is 34.2 Å². The van der Waals surface area contributed by atoms with Crippen LogP contribution < -0.4 is 10.1 Å². The maximum atomic E-state index is 12.9. The normalized spacial score (nSPS) is 11.2. The first kappa shape index (κ1) is 18.6. The fraction of sp³-hybridized carbons (Fsp3) is 0.333. The van der Waals surface area contributed by atoms with E-state index < -0.39 is 0 Å². The molecule has 1 aromatic carbocycles. The maximum Gasteiger partial charge on any atom is 0.262 e. The van der Waals surface area contributed by atoms with Gasteiger partial charge < -0.3 is 4.74 Å². The van der Waals surface area contributed by atoms with Gasteiger partial charge in [-0.05, 0) is 25.3 Å². The molecule has 0 bridgehead atoms. The van der Waals surface area contributed by atoms with Gasteiger partial charge in [-0.1, -0.05) is 31.3 Å². The highest BCUT2D eigenvalue weighted by Crippen LogP contribution is 2.33. The van der Waals surface area contributed by atoms with Gasteiger partial charge in [-0.15, -0.1) is 11.8 Å². The summed E-state index contributed by atoms with van der Waals surface area (Å²) in [6.45, 7) is 5.91. The van der Waals surface area contributed by atoms with Crippen molar-refractivity contribution in [3.8, 4) is 5.75 Å². The van der Waals surface area contributed by atoms with Gasteiger partial charge in [-0.3, -0.25) is 10.1 Å². The molecule has 2 aromatic heterocycles. The molecule has 1 amide bonds. The lowest BCUT2D eigenvalue weighted by molar-refractivity contribution is 0.102. The molecule has 0 atom stereocenters. The number of para-hydroxylation sites is 1. The van der Waals surface area contributed by atoms with Gasteiger partial charge in [-0.25, -0.2) is 15.0 Å². The number of fused-ring (bicyclic) bond motifs is 1. The average molecular weight is 389 g/mol. The van der Waals surface area contributed by atoms with Gasteiger partial charge in [0.25, 0.3) is 5.91 Å². The second kappa shape index (κ2) is 7.59. The van der Waals surface area contributed by atoms with Gasteiger partial charge in [0, 0.05) is 5.92 Å². The third kappa shape index (κ3) is 3.52. The number of thiazole rings is 1. The summed E-state index contributed by atoms with van der Waals surface area (Å²) in [6, 6.07) is 5.70. The van der Waals surface area contributed by atoms with Crippen LogP contribution >= 0.6 is 23.1 Å². The van der Waals surface area contributed by atoms with E-state index in [4.69, 9.17) is 4.74 Å². The molecule has 26 heavy (non-hydrogen) atoms. The molecule has 6 nitrogen and oxygen atoms in total. The Balaban J connectivity index is 1.95. The van der Waals surface area contributed by atoms with Crippen molar-refractivity contribution in [1.82, 2.24) is 15.0 Å². The molecular formula is C18H20N4O2S2. The van der Waals surface area contributed by atoms with E-state index in [-0.39, 0.29) is 11.8 Å². The highest BCUT2D eigenvalue weighted by Gasteiger charge is 2.21. The van der Waals surface area contributed by atoms with Crippen molar-refractivity contribution in [3.05, 3.63) is 35.3 Å². The molecule has 0 aliphatic carbocycles. The van der Waals surface area contributed by atoms with Gasteiger partial charge in [-0.2, -0.15) is 0 Å². The number of carbonyl (C=O) groups is 1. The van der Waals surface area contributed by atoms with Gasteiger partial charge in [0.1, 0.15) is 22.1 Å². The predicted molar refractivity (Wildman–Crippen MR) is 107 cm³/mol. The number of thioether (sulfide) groups is 1. The zero-order valence-corrected chi connectivity index (χ0v) is 16.9. The van der Waals surface area contributed by atoms with Crippen LogP contribution in [-0.2, 0) is 0 Å². The van der Waals surface area contributed by atoms with E-state index >= 15 is 0 Å². The molecule has 0 aliphatic rings. The van der Waals surface area contributed by atoms with Crippen molar-refractivity contribution >= 4 is 44.4 Å². The molecule has 0 saturated carbocycles. The molecule has 8 heteroatoms. The summed E-state index contributed by atoms with van der Waals surface area (Å²) in [7, 11) is 1.61. The molecule has 0 fully saturated rings. The molecule has 3 aromatic rings. The summed E-state index contributed by atoms with van der Waals surface area (Å²) in [5.41, 5.74) is 1.90. The Labute approximate surface area is 160 Å². The Bertz CT molecular complexity index is 969. The lowest BCUT2D eigenvalue weighted by atomic mass is 10.1. The largest absolute Gasteiger partial charge is 0.494 e. The number of methoxy groups -OCH3 is 1. The molecule has 136 valence electrons. The number of benzene rings is 1. The number of hydrogen-bond donors (Lipinski definition) is 1. The van der Waals surface area contributed by atoms with Crippen LogP contribution in [0.3, 0.4) is 0 Å². The number of ether oxygens (including phenoxy) is 1. The van der Waals surface area contributed by atoms with Crippen LogP contribution in [0.5, 0.6) is 5.75 Å². The molecule has 0 aliphatic heterocycles. The third-order valence-electron chi connectivity index (χ3n) is 3.83. The predicted octanol–water partition coefficient (Wildman–Crippen LogP) is 4.50. The molecular weight excluding hydrogens is 368 g/mol. The van der Waals surface area contributed by atoms with E-state index in [9.17, 15) is 4.79 Å². The minimum absolute atomic E-state index is 0.202. The molecule has 0 saturated heterocycles. The summed E-state index contributed by atoms with van der Waals surface area (Å²) < 4.78 is 6.28. The number of hydrogen-bond acceptors (Lipinski definition) is 7. The topological polar surface area (TPSA) is 77.0 Å². The van der Waals surface area contributed by atoms with Crippen molar-refractivity contribution in [2.45, 2.75) is 31.7 Å². The monoisotopic (exact) mass is 388 g/mol. The molecule has 1 N–H and O–H groups in total. The zero-order chi connectivity index (χ0) is 18.8. The molecule has 0 radical (unpaired) electrons. The van der Waals surface area contributed by atoms with Crippen molar-refractivity contribution in [2.24, 2.45) is 0 Å². The Morgan fingerprint density at radius 2 is 2.04 bits per heavy atom. The van der Waals surface area contributed by atoms with Crippen LogP contribution in [0.25, 0.3) is 10.2 Å². The van der Waals surface area contributed by atoms with E-state index in [2.05, 4.69) is 20.3 Å². The summed E-state index contributed by atoms with van der Waals surface area (Å²) in [6.07, 6.45) is 1.91. The average Bonchev–Trinajstić information content (AvgIpc) is 3.02. The second-order valence-electron chi connectivity index (χ2n) is 5.99. The van der Waals surface area contributed by atoms with E-state index in [1.54, 1.807) is 7.11 Å². The lowest BCUT2D eigenvalue weighted by Gasteiger charge is -2.12. The SMILES string of the molecule is COc1cccc2sc(NC(=O)c3c(C)nc(C(C)C)nc3SC)nc12. The summed E-state index contributed by atoms with van der Waals surface area (Å²) in [5.74, 6) is 1.38. The first-order chi connectivity index (χ1) is 12.4. The van der Waals surface area contributed by atoms with Crippen LogP contribution in [0.15, 0.2) is 23.2 Å². The van der Waals surface area contributed by atoms with E-state index in [0.717, 1.165) is 16.0 Å². The number of aryl methyl sites for hydroxylation is 1. The first-order valence-electron chi connectivity index (χ1n) is 8.12. The zero-order valence-electron chi connectivity index (χ0n) is 15.3. The van der Waals surface area contributed by atoms with Gasteiger partial charge in [0.05, 0.1) is 23.1 Å². The van der Waals surface area contributed by atoms with Crippen molar-refractivity contribution in [3.63, 3.8) is 0 Å². The minimum atomic E-state index is -0.250. The Kier molecular flexibility index (Phi) is 5.43. The maximum absolute atomic E-state index is 12.9. The minimum Gasteiger partial charge on any atom is -0.494 e. The summed E-state index contributed by atoms with van der Waals surface area (Å²) in [5, 5.41) is 4.08. The number of amides is 1. The Morgan fingerprint density at radius 1 is 1.27 bits per heavy atom. The number of anilines is 1. The summed E-state index contributed by atoms with van der Waals surface area (Å²) >= 11 is 2.85. The summed E-state index contributed by atoms with van der Waals surface area (Å²) in [4.78, 5) is 26.4. The van der Waals surface area contributed by atoms with Crippen LogP contribution in [0.1, 0.15) is 41.6 Å². The highest BCUT2D eigenvalue weighted by atomic mass is 32.2. The quantitative estimate of drug-likeness (QED) is 0.512. The molecule has 2 heterocycles. The number of nitrogens with one attached hydrogen (secondary N) is 1. The highest BCUT2D eigenvalue weighted by molar-refractivity contribution is 7.98. The third-order valence-corrected chi connectivity index (χ3v) is 5.45. The fourth-order valence-corrected chi connectivity index (χ4v) is 4.04. The smallest absolute Gasteiger partial charge is 0.262 e. The Hall–Kier alpha value is -2.19. The standard InChI is InChI=1S/C18H20N4O2S2/c1-9(2)15-19-10(3)13(17(21-15)25-5)16(23)22-18-20-14-11(24-4)7-6-8-12(14)26-18/h6-9H,1-5H3,(H,20,22,23). The van der Waals surface area contributed by atoms with Gasteiger partial charge in [0.2, 0.25) is 0 Å². The molecule has 3 rings (SSSR count). The van der Waals surface area contributed by atoms with Crippen LogP contribution in [0.2, 0.25) is 0 Å². The van der Waals surface area contributed by atoms with Gasteiger partial charge >= 0.3 is 0 Å². The Morgan fingerprint density at radius 3 is 2.69 bits per heavy atom. The van der Waals surface area contributed by atoms with Crippen LogP contribution in [0, 0.1) is 6.92 Å². The van der Waals surface area contributed by atoms with Crippen molar-refractivity contribution in [2.75, 3.05) is 18.7 Å². The fourth-order valence-electron chi connectivity index (χ4n) is 2.54. The lowest BCUT2D eigenvalue weighted by Crippen LogP contribution is -2.17. The molecule has 0 spiro atoms. The number of aromatic nitrogens is 3. The van der Waals surface area contributed by atoms with Gasteiger partial charge in [0.15, 0.2) is 5.13 Å². The van der Waals surface area contributed by atoms with Crippen molar-refractivity contribution < 1.29 is 9.53 Å². The molecule has 0 unspecified atom stereocenters. The number of nitrogens with zero attached hydrogens (tertiary/aromatic N) is 3. The first-order valence-corrected chi connectivity index (χ1v) is 10.2. The second-order valence-corrected chi connectivity index (χ2v) is 7.81. The van der Waals surface area contributed by atoms with E-state index in [1.807, 2.05) is 45.2 Å². The number of carbonyl (C=O) groups excluding carboxylic acids is 1.